The Morgan fingerprint density at radius 2 is 2.31 bits per heavy atom. The zero-order valence-electron chi connectivity index (χ0n) is 9.07. The Morgan fingerprint density at radius 3 is 2.81 bits per heavy atom. The van der Waals surface area contributed by atoms with Crippen LogP contribution in [0.1, 0.15) is 17.4 Å². The highest BCUT2D eigenvalue weighted by Gasteiger charge is 2.11. The van der Waals surface area contributed by atoms with E-state index in [9.17, 15) is 9.00 Å². The molecule has 1 amide bonds. The summed E-state index contributed by atoms with van der Waals surface area (Å²) < 4.78 is 11.8. The van der Waals surface area contributed by atoms with E-state index in [1.54, 1.807) is 24.6 Å². The van der Waals surface area contributed by atoms with Crippen LogP contribution < -0.4 is 5.32 Å². The minimum Gasteiger partial charge on any atom is -0.347 e. The number of rotatable bonds is 4. The number of carbonyl (C=O) groups is 1. The van der Waals surface area contributed by atoms with Crippen LogP contribution in [0, 0.1) is 0 Å². The van der Waals surface area contributed by atoms with Crippen molar-refractivity contribution in [1.82, 2.24) is 10.3 Å². The molecule has 0 bridgehead atoms. The molecule has 0 radical (unpaired) electrons. The van der Waals surface area contributed by atoms with Gasteiger partial charge in [-0.15, -0.1) is 0 Å². The Hall–Kier alpha value is -0.750. The lowest BCUT2D eigenvalue weighted by atomic mass is 10.3. The van der Waals surface area contributed by atoms with Crippen LogP contribution in [0.4, 0.5) is 0 Å². The summed E-state index contributed by atoms with van der Waals surface area (Å²) in [7, 11) is -0.915. The van der Waals surface area contributed by atoms with Gasteiger partial charge in [0.2, 0.25) is 0 Å². The van der Waals surface area contributed by atoms with E-state index in [0.717, 1.165) is 4.47 Å². The molecule has 2 unspecified atom stereocenters. The molecular weight excluding hydrogens is 292 g/mol. The summed E-state index contributed by atoms with van der Waals surface area (Å²) in [6.07, 6.45) is 3.18. The first kappa shape index (κ1) is 13.3. The highest BCUT2D eigenvalue weighted by molar-refractivity contribution is 9.10. The van der Waals surface area contributed by atoms with Crippen molar-refractivity contribution in [3.63, 3.8) is 0 Å². The van der Waals surface area contributed by atoms with E-state index in [4.69, 9.17) is 0 Å². The topological polar surface area (TPSA) is 59.1 Å². The highest BCUT2D eigenvalue weighted by atomic mass is 79.9. The molecule has 2 atom stereocenters. The Bertz CT molecular complexity index is 394. The average molecular weight is 305 g/mol. The fourth-order valence-corrected chi connectivity index (χ4v) is 2.22. The molecule has 0 spiro atoms. The summed E-state index contributed by atoms with van der Waals surface area (Å²) in [5.41, 5.74) is 0.358. The van der Waals surface area contributed by atoms with Crippen LogP contribution in [0.15, 0.2) is 22.8 Å². The molecular formula is C10H13BrN2O2S. The molecule has 1 N–H and O–H groups in total. The normalized spacial score (nSPS) is 14.2. The van der Waals surface area contributed by atoms with Gasteiger partial charge >= 0.3 is 0 Å². The van der Waals surface area contributed by atoms with Crippen LogP contribution in [0.2, 0.25) is 0 Å². The number of pyridine rings is 1. The molecule has 0 aliphatic carbocycles. The molecule has 0 aromatic carbocycles. The van der Waals surface area contributed by atoms with Crippen molar-refractivity contribution in [2.45, 2.75) is 13.0 Å². The third-order valence-corrected chi connectivity index (χ3v) is 3.26. The van der Waals surface area contributed by atoms with Crippen LogP contribution in [0.25, 0.3) is 0 Å². The van der Waals surface area contributed by atoms with Crippen LogP contribution in [0.3, 0.4) is 0 Å². The number of amides is 1. The van der Waals surface area contributed by atoms with E-state index in [-0.39, 0.29) is 11.9 Å². The van der Waals surface area contributed by atoms with Gasteiger partial charge in [-0.1, -0.05) is 0 Å². The smallest absolute Gasteiger partial charge is 0.270 e. The van der Waals surface area contributed by atoms with Crippen LogP contribution in [-0.2, 0) is 10.8 Å². The number of nitrogens with one attached hydrogen (secondary N) is 1. The van der Waals surface area contributed by atoms with Gasteiger partial charge in [0, 0.05) is 39.5 Å². The van der Waals surface area contributed by atoms with Crippen molar-refractivity contribution in [2.75, 3.05) is 12.0 Å². The van der Waals surface area contributed by atoms with Crippen molar-refractivity contribution in [3.05, 3.63) is 28.5 Å². The van der Waals surface area contributed by atoms with Gasteiger partial charge in [0.25, 0.3) is 5.91 Å². The first-order valence-corrected chi connectivity index (χ1v) is 7.23. The zero-order chi connectivity index (χ0) is 12.1. The van der Waals surface area contributed by atoms with E-state index < -0.39 is 10.8 Å². The van der Waals surface area contributed by atoms with E-state index >= 15 is 0 Å². The van der Waals surface area contributed by atoms with Crippen LogP contribution in [-0.4, -0.2) is 33.2 Å². The summed E-state index contributed by atoms with van der Waals surface area (Å²) in [5.74, 6) is 0.202. The van der Waals surface area contributed by atoms with Crippen molar-refractivity contribution in [2.24, 2.45) is 0 Å². The molecule has 1 heterocycles. The van der Waals surface area contributed by atoms with Gasteiger partial charge in [0.1, 0.15) is 5.69 Å². The van der Waals surface area contributed by atoms with Crippen LogP contribution in [0.5, 0.6) is 0 Å². The molecule has 88 valence electrons. The molecule has 16 heavy (non-hydrogen) atoms. The third kappa shape index (κ3) is 4.40. The number of aromatic nitrogens is 1. The van der Waals surface area contributed by atoms with Gasteiger partial charge in [-0.3, -0.25) is 9.00 Å². The minimum absolute atomic E-state index is 0.121. The molecule has 1 aromatic heterocycles. The maximum Gasteiger partial charge on any atom is 0.270 e. The largest absolute Gasteiger partial charge is 0.347 e. The van der Waals surface area contributed by atoms with Gasteiger partial charge in [-0.05, 0) is 35.0 Å². The van der Waals surface area contributed by atoms with Gasteiger partial charge in [-0.25, -0.2) is 4.98 Å². The number of hydrogen-bond donors (Lipinski definition) is 1. The lowest BCUT2D eigenvalue weighted by Crippen LogP contribution is -2.36. The molecule has 1 rings (SSSR count). The molecule has 0 aliphatic heterocycles. The van der Waals surface area contributed by atoms with Gasteiger partial charge < -0.3 is 5.32 Å². The first-order chi connectivity index (χ1) is 7.49. The monoisotopic (exact) mass is 304 g/mol. The van der Waals surface area contributed by atoms with Gasteiger partial charge in [0.15, 0.2) is 0 Å². The quantitative estimate of drug-likeness (QED) is 0.913. The molecule has 0 saturated heterocycles. The fourth-order valence-electron chi connectivity index (χ4n) is 1.20. The zero-order valence-corrected chi connectivity index (χ0v) is 11.5. The second kappa shape index (κ2) is 6.10. The van der Waals surface area contributed by atoms with Gasteiger partial charge in [0.05, 0.1) is 0 Å². The fraction of sp³-hybridized carbons (Fsp3) is 0.400. The second-order valence-electron chi connectivity index (χ2n) is 3.48. The number of nitrogens with zero attached hydrogens (tertiary/aromatic N) is 1. The predicted molar refractivity (Wildman–Crippen MR) is 67.8 cm³/mol. The molecule has 0 aliphatic rings. The summed E-state index contributed by atoms with van der Waals surface area (Å²) in [5, 5.41) is 2.74. The lowest BCUT2D eigenvalue weighted by Gasteiger charge is -2.11. The maximum atomic E-state index is 11.7. The van der Waals surface area contributed by atoms with Crippen molar-refractivity contribution >= 4 is 32.6 Å². The second-order valence-corrected chi connectivity index (χ2v) is 5.87. The maximum absolute atomic E-state index is 11.7. The van der Waals surface area contributed by atoms with E-state index in [2.05, 4.69) is 26.2 Å². The van der Waals surface area contributed by atoms with Gasteiger partial charge in [-0.2, -0.15) is 0 Å². The summed E-state index contributed by atoms with van der Waals surface area (Å²) >= 11 is 3.24. The molecule has 4 nitrogen and oxygen atoms in total. The van der Waals surface area contributed by atoms with Crippen molar-refractivity contribution in [1.29, 1.82) is 0 Å². The lowest BCUT2D eigenvalue weighted by molar-refractivity contribution is 0.0938. The minimum atomic E-state index is -0.915. The number of carbonyl (C=O) groups excluding carboxylic acids is 1. The predicted octanol–water partition coefficient (Wildman–Crippen LogP) is 1.34. The average Bonchev–Trinajstić information content (AvgIpc) is 2.16. The highest BCUT2D eigenvalue weighted by Crippen LogP contribution is 2.07. The molecule has 1 aromatic rings. The summed E-state index contributed by atoms with van der Waals surface area (Å²) in [6, 6.07) is 3.27. The van der Waals surface area contributed by atoms with E-state index in [1.807, 2.05) is 6.92 Å². The number of halogens is 1. The first-order valence-electron chi connectivity index (χ1n) is 4.71. The number of hydrogen-bond acceptors (Lipinski definition) is 3. The van der Waals surface area contributed by atoms with E-state index in [1.165, 1.54) is 0 Å². The summed E-state index contributed by atoms with van der Waals surface area (Å²) in [6.45, 7) is 1.82. The van der Waals surface area contributed by atoms with Crippen LogP contribution >= 0.6 is 15.9 Å². The SMILES string of the molecule is CC(CS(C)=O)NC(=O)c1ccc(Br)cn1. The molecule has 0 saturated carbocycles. The van der Waals surface area contributed by atoms with Crippen molar-refractivity contribution < 1.29 is 9.00 Å². The Balaban J connectivity index is 2.58. The Morgan fingerprint density at radius 1 is 1.62 bits per heavy atom. The standard InChI is InChI=1S/C10H13BrN2O2S/c1-7(6-16(2)15)13-10(14)9-4-3-8(11)5-12-9/h3-5,7H,6H2,1-2H3,(H,13,14). The molecule has 0 fully saturated rings. The Kier molecular flexibility index (Phi) is 5.08. The summed E-state index contributed by atoms with van der Waals surface area (Å²) in [4.78, 5) is 15.6. The van der Waals surface area contributed by atoms with E-state index in [0.29, 0.717) is 11.4 Å². The van der Waals surface area contributed by atoms with Crippen molar-refractivity contribution in [3.8, 4) is 0 Å². The molecule has 6 heteroatoms. The third-order valence-electron chi connectivity index (χ3n) is 1.82. The Labute approximate surface area is 105 Å².